The zero-order chi connectivity index (χ0) is 13.0. The third-order valence-corrected chi connectivity index (χ3v) is 4.92. The molecule has 3 N–H and O–H groups in total. The van der Waals surface area contributed by atoms with Gasteiger partial charge in [-0.15, -0.1) is 11.3 Å². The van der Waals surface area contributed by atoms with Gasteiger partial charge < -0.3 is 11.1 Å². The Morgan fingerprint density at radius 1 is 1.50 bits per heavy atom. The quantitative estimate of drug-likeness (QED) is 0.874. The molecule has 5 heteroatoms. The molecule has 1 amide bonds. The van der Waals surface area contributed by atoms with Crippen molar-refractivity contribution in [1.82, 2.24) is 5.32 Å². The standard InChI is InChI=1S/C13H19ClN2OS/c14-10-7-11(18-8-10)3-4-12(17)16-13(9-15)5-1-2-6-13/h7-8H,1-6,9,15H2,(H,16,17). The SMILES string of the molecule is NCC1(NC(=O)CCc2cc(Cl)cs2)CCCC1. The molecule has 1 aliphatic rings. The maximum absolute atomic E-state index is 11.9. The minimum atomic E-state index is -0.135. The number of carbonyl (C=O) groups excluding carboxylic acids is 1. The molecule has 1 fully saturated rings. The molecule has 1 heterocycles. The highest BCUT2D eigenvalue weighted by Crippen LogP contribution is 2.28. The molecule has 1 saturated carbocycles. The lowest BCUT2D eigenvalue weighted by atomic mass is 9.97. The normalized spacial score (nSPS) is 17.9. The highest BCUT2D eigenvalue weighted by atomic mass is 35.5. The Labute approximate surface area is 117 Å². The molecule has 0 aromatic carbocycles. The van der Waals surface area contributed by atoms with E-state index in [-0.39, 0.29) is 11.4 Å². The number of rotatable bonds is 5. The summed E-state index contributed by atoms with van der Waals surface area (Å²) in [4.78, 5) is 13.1. The average molecular weight is 287 g/mol. The third kappa shape index (κ3) is 3.46. The number of hydrogen-bond acceptors (Lipinski definition) is 3. The van der Waals surface area contributed by atoms with Crippen molar-refractivity contribution in [1.29, 1.82) is 0 Å². The number of hydrogen-bond donors (Lipinski definition) is 2. The first kappa shape index (κ1) is 13.8. The number of carbonyl (C=O) groups is 1. The Bertz CT molecular complexity index is 413. The van der Waals surface area contributed by atoms with Crippen molar-refractivity contribution in [3.05, 3.63) is 21.3 Å². The van der Waals surface area contributed by atoms with Crippen LogP contribution in [0.5, 0.6) is 0 Å². The van der Waals surface area contributed by atoms with Gasteiger partial charge in [0.25, 0.3) is 0 Å². The topological polar surface area (TPSA) is 55.1 Å². The van der Waals surface area contributed by atoms with Crippen molar-refractivity contribution in [2.75, 3.05) is 6.54 Å². The molecule has 2 rings (SSSR count). The van der Waals surface area contributed by atoms with Crippen LogP contribution in [0, 0.1) is 0 Å². The summed E-state index contributed by atoms with van der Waals surface area (Å²) in [6.45, 7) is 0.545. The number of nitrogens with one attached hydrogen (secondary N) is 1. The summed E-state index contributed by atoms with van der Waals surface area (Å²) in [7, 11) is 0. The van der Waals surface area contributed by atoms with Gasteiger partial charge in [-0.1, -0.05) is 24.4 Å². The Morgan fingerprint density at radius 2 is 2.22 bits per heavy atom. The second-order valence-corrected chi connectivity index (χ2v) is 6.40. The molecule has 0 bridgehead atoms. The van der Waals surface area contributed by atoms with E-state index in [4.69, 9.17) is 17.3 Å². The van der Waals surface area contributed by atoms with Gasteiger partial charge in [0.1, 0.15) is 0 Å². The lowest BCUT2D eigenvalue weighted by Crippen LogP contribution is -2.51. The molecule has 1 aromatic rings. The fourth-order valence-electron chi connectivity index (χ4n) is 2.51. The summed E-state index contributed by atoms with van der Waals surface area (Å²) < 4.78 is 0. The summed E-state index contributed by atoms with van der Waals surface area (Å²) in [5.74, 6) is 0.104. The molecule has 100 valence electrons. The van der Waals surface area contributed by atoms with Crippen LogP contribution < -0.4 is 11.1 Å². The predicted molar refractivity (Wildman–Crippen MR) is 76.0 cm³/mol. The van der Waals surface area contributed by atoms with Crippen LogP contribution in [0.15, 0.2) is 11.4 Å². The third-order valence-electron chi connectivity index (χ3n) is 3.58. The maximum Gasteiger partial charge on any atom is 0.220 e. The summed E-state index contributed by atoms with van der Waals surface area (Å²) in [5, 5.41) is 5.78. The zero-order valence-corrected chi connectivity index (χ0v) is 11.9. The van der Waals surface area contributed by atoms with Gasteiger partial charge in [-0.3, -0.25) is 4.79 Å². The fraction of sp³-hybridized carbons (Fsp3) is 0.615. The zero-order valence-electron chi connectivity index (χ0n) is 10.4. The van der Waals surface area contributed by atoms with Gasteiger partial charge in [0.15, 0.2) is 0 Å². The van der Waals surface area contributed by atoms with Crippen LogP contribution in [0.1, 0.15) is 37.0 Å². The molecule has 0 spiro atoms. The monoisotopic (exact) mass is 286 g/mol. The fourth-order valence-corrected chi connectivity index (χ4v) is 3.59. The van der Waals surface area contributed by atoms with E-state index in [0.29, 0.717) is 13.0 Å². The van der Waals surface area contributed by atoms with Crippen molar-refractivity contribution < 1.29 is 4.79 Å². The smallest absolute Gasteiger partial charge is 0.220 e. The van der Waals surface area contributed by atoms with Gasteiger partial charge in [-0.05, 0) is 25.3 Å². The van der Waals surface area contributed by atoms with Crippen LogP contribution in [0.2, 0.25) is 5.02 Å². The Hall–Kier alpha value is -0.580. The summed E-state index contributed by atoms with van der Waals surface area (Å²) in [6.07, 6.45) is 5.62. The lowest BCUT2D eigenvalue weighted by Gasteiger charge is -2.28. The van der Waals surface area contributed by atoms with Crippen LogP contribution in [0.25, 0.3) is 0 Å². The van der Waals surface area contributed by atoms with Crippen LogP contribution in [0.4, 0.5) is 0 Å². The van der Waals surface area contributed by atoms with Crippen molar-refractivity contribution in [2.24, 2.45) is 5.73 Å². The summed E-state index contributed by atoms with van der Waals surface area (Å²) >= 11 is 7.45. The molecule has 0 unspecified atom stereocenters. The Morgan fingerprint density at radius 3 is 2.78 bits per heavy atom. The first-order valence-electron chi connectivity index (χ1n) is 6.37. The van der Waals surface area contributed by atoms with Gasteiger partial charge in [-0.2, -0.15) is 0 Å². The first-order chi connectivity index (χ1) is 8.63. The molecule has 3 nitrogen and oxygen atoms in total. The lowest BCUT2D eigenvalue weighted by molar-refractivity contribution is -0.122. The molecule has 1 aromatic heterocycles. The summed E-state index contributed by atoms with van der Waals surface area (Å²) in [5.41, 5.74) is 5.66. The van der Waals surface area contributed by atoms with Crippen LogP contribution in [-0.4, -0.2) is 18.0 Å². The molecular weight excluding hydrogens is 268 g/mol. The maximum atomic E-state index is 11.9. The molecule has 18 heavy (non-hydrogen) atoms. The van der Waals surface area contributed by atoms with E-state index in [1.807, 2.05) is 11.4 Å². The molecule has 0 saturated heterocycles. The molecular formula is C13H19ClN2OS. The number of amides is 1. The van der Waals surface area contributed by atoms with Gasteiger partial charge in [-0.25, -0.2) is 0 Å². The van der Waals surface area contributed by atoms with Gasteiger partial charge in [0, 0.05) is 23.2 Å². The van der Waals surface area contributed by atoms with Crippen molar-refractivity contribution in [3.8, 4) is 0 Å². The largest absolute Gasteiger partial charge is 0.349 e. The number of nitrogens with two attached hydrogens (primary N) is 1. The van der Waals surface area contributed by atoms with Crippen LogP contribution in [0.3, 0.4) is 0 Å². The van der Waals surface area contributed by atoms with Crippen molar-refractivity contribution >= 4 is 28.8 Å². The van der Waals surface area contributed by atoms with Gasteiger partial charge in [0.05, 0.1) is 10.6 Å². The van der Waals surface area contributed by atoms with E-state index >= 15 is 0 Å². The second-order valence-electron chi connectivity index (χ2n) is 4.97. The Kier molecular flexibility index (Phi) is 4.65. The second kappa shape index (κ2) is 6.04. The van der Waals surface area contributed by atoms with E-state index in [2.05, 4.69) is 5.32 Å². The van der Waals surface area contributed by atoms with E-state index in [1.54, 1.807) is 11.3 Å². The van der Waals surface area contributed by atoms with Gasteiger partial charge >= 0.3 is 0 Å². The Balaban J connectivity index is 1.81. The van der Waals surface area contributed by atoms with E-state index in [9.17, 15) is 4.79 Å². The number of thiophene rings is 1. The minimum Gasteiger partial charge on any atom is -0.349 e. The number of aryl methyl sites for hydroxylation is 1. The average Bonchev–Trinajstić information content (AvgIpc) is 2.97. The van der Waals surface area contributed by atoms with E-state index in [1.165, 1.54) is 0 Å². The van der Waals surface area contributed by atoms with Crippen LogP contribution >= 0.6 is 22.9 Å². The molecule has 0 radical (unpaired) electrons. The highest BCUT2D eigenvalue weighted by Gasteiger charge is 2.33. The van der Waals surface area contributed by atoms with Crippen molar-refractivity contribution in [2.45, 2.75) is 44.1 Å². The summed E-state index contributed by atoms with van der Waals surface area (Å²) in [6, 6.07) is 1.92. The van der Waals surface area contributed by atoms with Gasteiger partial charge in [0.2, 0.25) is 5.91 Å². The van der Waals surface area contributed by atoms with Crippen LogP contribution in [-0.2, 0) is 11.2 Å². The number of halogens is 1. The molecule has 0 aliphatic heterocycles. The predicted octanol–water partition coefficient (Wildman–Crippen LogP) is 2.72. The highest BCUT2D eigenvalue weighted by molar-refractivity contribution is 7.10. The molecule has 0 atom stereocenters. The minimum absolute atomic E-state index is 0.104. The molecule has 1 aliphatic carbocycles. The van der Waals surface area contributed by atoms with E-state index < -0.39 is 0 Å². The first-order valence-corrected chi connectivity index (χ1v) is 7.63. The van der Waals surface area contributed by atoms with Crippen molar-refractivity contribution in [3.63, 3.8) is 0 Å². The van der Waals surface area contributed by atoms with E-state index in [0.717, 1.165) is 42.0 Å².